The van der Waals surface area contributed by atoms with Gasteiger partial charge in [0.15, 0.2) is 0 Å². The summed E-state index contributed by atoms with van der Waals surface area (Å²) in [7, 11) is 0. The van der Waals surface area contributed by atoms with Crippen LogP contribution in [0.1, 0.15) is 44.8 Å². The molecular formula is C13H21NO. The fourth-order valence-electron chi connectivity index (χ4n) is 2.48. The Balaban J connectivity index is 1.72. The topological polar surface area (TPSA) is 25.2 Å². The Morgan fingerprint density at radius 1 is 1.33 bits per heavy atom. The van der Waals surface area contributed by atoms with Crippen LogP contribution >= 0.6 is 0 Å². The monoisotopic (exact) mass is 207 g/mol. The van der Waals surface area contributed by atoms with Gasteiger partial charge in [0.25, 0.3) is 0 Å². The number of hydrogen-bond donors (Lipinski definition) is 1. The third-order valence-corrected chi connectivity index (χ3v) is 3.49. The predicted molar refractivity (Wildman–Crippen MR) is 61.6 cm³/mol. The Hall–Kier alpha value is -0.760. The quantitative estimate of drug-likeness (QED) is 0.819. The van der Waals surface area contributed by atoms with Gasteiger partial charge in [-0.1, -0.05) is 26.2 Å². The number of nitrogens with one attached hydrogen (secondary N) is 1. The molecule has 0 atom stereocenters. The maximum atomic E-state index is 5.29. The molecule has 0 aliphatic heterocycles. The fraction of sp³-hybridized carbons (Fsp3) is 0.692. The number of rotatable bonds is 4. The minimum atomic E-state index is 0.519. The molecule has 0 radical (unpaired) electrons. The Morgan fingerprint density at radius 3 is 2.80 bits per heavy atom. The second-order valence-electron chi connectivity index (χ2n) is 5.05. The first-order valence-electron chi connectivity index (χ1n) is 6.02. The molecule has 0 aromatic carbocycles. The van der Waals surface area contributed by atoms with Gasteiger partial charge in [-0.05, 0) is 30.4 Å². The van der Waals surface area contributed by atoms with Gasteiger partial charge in [0.05, 0.1) is 12.8 Å². The van der Waals surface area contributed by atoms with Crippen LogP contribution in [0.15, 0.2) is 22.8 Å². The van der Waals surface area contributed by atoms with E-state index in [1.165, 1.54) is 32.1 Å². The Bertz CT molecular complexity index is 273. The molecule has 0 amide bonds. The van der Waals surface area contributed by atoms with Gasteiger partial charge in [0, 0.05) is 6.54 Å². The second-order valence-corrected chi connectivity index (χ2v) is 5.05. The smallest absolute Gasteiger partial charge is 0.117 e. The molecule has 84 valence electrons. The van der Waals surface area contributed by atoms with Crippen molar-refractivity contribution in [3.63, 3.8) is 0 Å². The van der Waals surface area contributed by atoms with E-state index in [-0.39, 0.29) is 0 Å². The number of furan rings is 1. The highest BCUT2D eigenvalue weighted by Crippen LogP contribution is 2.34. The van der Waals surface area contributed by atoms with Gasteiger partial charge in [0.2, 0.25) is 0 Å². The molecule has 1 heterocycles. The Labute approximate surface area is 92.1 Å². The molecule has 1 fully saturated rings. The summed E-state index contributed by atoms with van der Waals surface area (Å²) in [4.78, 5) is 0. The molecule has 2 heteroatoms. The molecule has 0 spiro atoms. The van der Waals surface area contributed by atoms with Crippen molar-refractivity contribution in [3.05, 3.63) is 24.2 Å². The van der Waals surface area contributed by atoms with Crippen molar-refractivity contribution < 1.29 is 4.42 Å². The van der Waals surface area contributed by atoms with Crippen LogP contribution in [0, 0.1) is 5.41 Å². The summed E-state index contributed by atoms with van der Waals surface area (Å²) in [5.41, 5.74) is 0.519. The molecule has 15 heavy (non-hydrogen) atoms. The average molecular weight is 207 g/mol. The Kier molecular flexibility index (Phi) is 3.47. The van der Waals surface area contributed by atoms with E-state index in [9.17, 15) is 0 Å². The van der Waals surface area contributed by atoms with Crippen LogP contribution in [0.4, 0.5) is 0 Å². The van der Waals surface area contributed by atoms with Crippen molar-refractivity contribution >= 4 is 0 Å². The van der Waals surface area contributed by atoms with Crippen molar-refractivity contribution in [2.75, 3.05) is 6.54 Å². The van der Waals surface area contributed by atoms with Crippen molar-refractivity contribution in [1.29, 1.82) is 0 Å². The summed E-state index contributed by atoms with van der Waals surface area (Å²) in [6, 6.07) is 3.97. The highest BCUT2D eigenvalue weighted by molar-refractivity contribution is 4.97. The van der Waals surface area contributed by atoms with Crippen LogP contribution in [0.2, 0.25) is 0 Å². The highest BCUT2D eigenvalue weighted by Gasteiger charge is 2.25. The molecule has 0 saturated heterocycles. The molecule has 1 aromatic rings. The van der Waals surface area contributed by atoms with E-state index < -0.39 is 0 Å². The molecule has 1 aromatic heterocycles. The van der Waals surface area contributed by atoms with Crippen molar-refractivity contribution in [3.8, 4) is 0 Å². The summed E-state index contributed by atoms with van der Waals surface area (Å²) in [5.74, 6) is 1.04. The minimum Gasteiger partial charge on any atom is -0.468 e. The minimum absolute atomic E-state index is 0.519. The summed E-state index contributed by atoms with van der Waals surface area (Å²) in [5, 5.41) is 3.50. The molecule has 1 saturated carbocycles. The zero-order valence-corrected chi connectivity index (χ0v) is 9.59. The zero-order valence-electron chi connectivity index (χ0n) is 9.59. The van der Waals surface area contributed by atoms with Crippen LogP contribution in [-0.4, -0.2) is 6.54 Å². The Morgan fingerprint density at radius 2 is 2.13 bits per heavy atom. The lowest BCUT2D eigenvalue weighted by Gasteiger charge is -2.33. The van der Waals surface area contributed by atoms with E-state index in [2.05, 4.69) is 12.2 Å². The maximum absolute atomic E-state index is 5.29. The predicted octanol–water partition coefficient (Wildman–Crippen LogP) is 3.34. The molecule has 0 unspecified atom stereocenters. The van der Waals surface area contributed by atoms with Gasteiger partial charge in [0.1, 0.15) is 5.76 Å². The van der Waals surface area contributed by atoms with Gasteiger partial charge in [-0.2, -0.15) is 0 Å². The summed E-state index contributed by atoms with van der Waals surface area (Å²) in [6.45, 7) is 4.39. The first-order chi connectivity index (χ1) is 7.29. The van der Waals surface area contributed by atoms with Crippen LogP contribution in [0.25, 0.3) is 0 Å². The lowest BCUT2D eigenvalue weighted by atomic mass is 9.76. The van der Waals surface area contributed by atoms with Gasteiger partial charge >= 0.3 is 0 Å². The van der Waals surface area contributed by atoms with Crippen LogP contribution in [-0.2, 0) is 6.54 Å². The largest absolute Gasteiger partial charge is 0.468 e. The summed E-state index contributed by atoms with van der Waals surface area (Å²) in [6.07, 6.45) is 8.71. The average Bonchev–Trinajstić information content (AvgIpc) is 2.71. The fourth-order valence-corrected chi connectivity index (χ4v) is 2.48. The van der Waals surface area contributed by atoms with E-state index in [0.29, 0.717) is 5.41 Å². The third kappa shape index (κ3) is 3.10. The first-order valence-corrected chi connectivity index (χ1v) is 6.02. The third-order valence-electron chi connectivity index (χ3n) is 3.49. The second kappa shape index (κ2) is 4.84. The van der Waals surface area contributed by atoms with Crippen LogP contribution in [0.5, 0.6) is 0 Å². The molecule has 1 aliphatic carbocycles. The van der Waals surface area contributed by atoms with E-state index in [1.807, 2.05) is 12.1 Å². The lowest BCUT2D eigenvalue weighted by molar-refractivity contribution is 0.206. The molecule has 1 aliphatic rings. The van der Waals surface area contributed by atoms with Gasteiger partial charge < -0.3 is 9.73 Å². The first kappa shape index (κ1) is 10.7. The van der Waals surface area contributed by atoms with E-state index in [0.717, 1.165) is 18.8 Å². The molecule has 2 nitrogen and oxygen atoms in total. The lowest BCUT2D eigenvalue weighted by Crippen LogP contribution is -2.33. The van der Waals surface area contributed by atoms with Gasteiger partial charge in [-0.15, -0.1) is 0 Å². The van der Waals surface area contributed by atoms with E-state index >= 15 is 0 Å². The van der Waals surface area contributed by atoms with Gasteiger partial charge in [-0.3, -0.25) is 0 Å². The maximum Gasteiger partial charge on any atom is 0.117 e. The number of hydrogen-bond acceptors (Lipinski definition) is 2. The normalized spacial score (nSPS) is 20.3. The van der Waals surface area contributed by atoms with Crippen LogP contribution in [0.3, 0.4) is 0 Å². The van der Waals surface area contributed by atoms with Crippen LogP contribution < -0.4 is 5.32 Å². The van der Waals surface area contributed by atoms with Crippen molar-refractivity contribution in [2.24, 2.45) is 5.41 Å². The summed E-state index contributed by atoms with van der Waals surface area (Å²) >= 11 is 0. The van der Waals surface area contributed by atoms with E-state index in [1.54, 1.807) is 6.26 Å². The van der Waals surface area contributed by atoms with Crippen molar-refractivity contribution in [2.45, 2.75) is 45.6 Å². The molecule has 0 bridgehead atoms. The SMILES string of the molecule is CC1(CNCc2ccco2)CCCCC1. The molecule has 2 rings (SSSR count). The van der Waals surface area contributed by atoms with Crippen molar-refractivity contribution in [1.82, 2.24) is 5.32 Å². The highest BCUT2D eigenvalue weighted by atomic mass is 16.3. The molecular weight excluding hydrogens is 186 g/mol. The van der Waals surface area contributed by atoms with Gasteiger partial charge in [-0.25, -0.2) is 0 Å². The molecule has 1 N–H and O–H groups in total. The standard InChI is InChI=1S/C13H21NO/c1-13(7-3-2-4-8-13)11-14-10-12-6-5-9-15-12/h5-6,9,14H,2-4,7-8,10-11H2,1H3. The zero-order chi connectivity index (χ0) is 10.6. The summed E-state index contributed by atoms with van der Waals surface area (Å²) < 4.78 is 5.29. The van der Waals surface area contributed by atoms with E-state index in [4.69, 9.17) is 4.42 Å².